The molecule has 0 radical (unpaired) electrons. The summed E-state index contributed by atoms with van der Waals surface area (Å²) in [5.41, 5.74) is 2.02. The summed E-state index contributed by atoms with van der Waals surface area (Å²) >= 11 is 0. The zero-order valence-corrected chi connectivity index (χ0v) is 16.8. The Morgan fingerprint density at radius 3 is 2.68 bits per heavy atom. The van der Waals surface area contributed by atoms with E-state index in [1.807, 2.05) is 42.6 Å². The number of hydrogen-bond acceptors (Lipinski definition) is 5. The first-order chi connectivity index (χ1) is 13.6. The van der Waals surface area contributed by atoms with Crippen LogP contribution >= 0.6 is 0 Å². The third-order valence-corrected chi connectivity index (χ3v) is 7.49. The highest BCUT2D eigenvalue weighted by molar-refractivity contribution is 7.88. The molecule has 0 amide bonds. The number of fused-ring (bicyclic) bond motifs is 1. The molecule has 2 aromatic rings. The number of sulfonamides is 1. The molecule has 0 unspecified atom stereocenters. The molecule has 0 aliphatic carbocycles. The van der Waals surface area contributed by atoms with Crippen LogP contribution < -0.4 is 0 Å². The standard InChI is InChI=1S/C21H27N3O3S/c25-28(26,17-18-5-2-1-3-6-18)24-10-8-21-20(15-24)16-27-12-11-23(21)14-19-7-4-9-22-13-19/h1-7,9,13,20-21H,8,10-12,14-17H2/t20-,21-/m1/s1. The lowest BCUT2D eigenvalue weighted by Gasteiger charge is -2.41. The number of nitrogens with zero attached hydrogens (tertiary/aromatic N) is 3. The van der Waals surface area contributed by atoms with Gasteiger partial charge in [-0.05, 0) is 23.6 Å². The summed E-state index contributed by atoms with van der Waals surface area (Å²) in [6, 6.07) is 13.8. The van der Waals surface area contributed by atoms with Crippen LogP contribution in [0.5, 0.6) is 0 Å². The number of hydrogen-bond donors (Lipinski definition) is 0. The van der Waals surface area contributed by atoms with E-state index >= 15 is 0 Å². The molecule has 2 aliphatic heterocycles. The second-order valence-electron chi connectivity index (χ2n) is 7.62. The molecule has 6 nitrogen and oxygen atoms in total. The SMILES string of the molecule is O=S(=O)(Cc1ccccc1)N1CC[C@@H]2[C@@H](COCCN2Cc2cccnc2)C1. The van der Waals surface area contributed by atoms with Gasteiger partial charge in [-0.2, -0.15) is 0 Å². The molecule has 2 fully saturated rings. The van der Waals surface area contributed by atoms with Gasteiger partial charge in [0, 0.05) is 50.5 Å². The van der Waals surface area contributed by atoms with E-state index in [9.17, 15) is 8.42 Å². The number of benzene rings is 1. The lowest BCUT2D eigenvalue weighted by Crippen LogP contribution is -2.52. The number of pyridine rings is 1. The van der Waals surface area contributed by atoms with Crippen LogP contribution in [0.4, 0.5) is 0 Å². The first-order valence-electron chi connectivity index (χ1n) is 9.84. The summed E-state index contributed by atoms with van der Waals surface area (Å²) in [4.78, 5) is 6.66. The molecule has 28 heavy (non-hydrogen) atoms. The molecule has 2 aliphatic rings. The molecular formula is C21H27N3O3S. The molecule has 0 saturated carbocycles. The number of piperidine rings is 1. The maximum atomic E-state index is 13.0. The van der Waals surface area contributed by atoms with Crippen molar-refractivity contribution in [2.75, 3.05) is 32.8 Å². The van der Waals surface area contributed by atoms with Crippen molar-refractivity contribution in [1.29, 1.82) is 0 Å². The van der Waals surface area contributed by atoms with Crippen molar-refractivity contribution in [3.05, 3.63) is 66.0 Å². The van der Waals surface area contributed by atoms with Crippen LogP contribution in [0.25, 0.3) is 0 Å². The molecule has 150 valence electrons. The predicted molar refractivity (Wildman–Crippen MR) is 108 cm³/mol. The first kappa shape index (κ1) is 19.5. The maximum Gasteiger partial charge on any atom is 0.218 e. The number of rotatable bonds is 5. The zero-order valence-electron chi connectivity index (χ0n) is 16.0. The van der Waals surface area contributed by atoms with Gasteiger partial charge in [-0.1, -0.05) is 36.4 Å². The Labute approximate surface area is 167 Å². The van der Waals surface area contributed by atoms with E-state index in [2.05, 4.69) is 16.0 Å². The molecule has 4 rings (SSSR count). The molecular weight excluding hydrogens is 374 g/mol. The van der Waals surface area contributed by atoms with Gasteiger partial charge in [-0.15, -0.1) is 0 Å². The van der Waals surface area contributed by atoms with Gasteiger partial charge in [0.15, 0.2) is 0 Å². The molecule has 0 spiro atoms. The number of ether oxygens (including phenoxy) is 1. The Kier molecular flexibility index (Phi) is 6.06. The second-order valence-corrected chi connectivity index (χ2v) is 9.59. The number of aromatic nitrogens is 1. The largest absolute Gasteiger partial charge is 0.380 e. The normalized spacial score (nSPS) is 24.4. The average molecular weight is 402 g/mol. The van der Waals surface area contributed by atoms with Crippen LogP contribution in [0.2, 0.25) is 0 Å². The molecule has 0 bridgehead atoms. The highest BCUT2D eigenvalue weighted by atomic mass is 32.2. The average Bonchev–Trinajstić information content (AvgIpc) is 2.91. The van der Waals surface area contributed by atoms with Gasteiger partial charge in [0.2, 0.25) is 10.0 Å². The molecule has 2 atom stereocenters. The van der Waals surface area contributed by atoms with Gasteiger partial charge in [0.05, 0.1) is 19.0 Å². The van der Waals surface area contributed by atoms with Crippen molar-refractivity contribution in [1.82, 2.24) is 14.2 Å². The maximum absolute atomic E-state index is 13.0. The summed E-state index contributed by atoms with van der Waals surface area (Å²) in [7, 11) is -3.33. The topological polar surface area (TPSA) is 62.7 Å². The van der Waals surface area contributed by atoms with E-state index in [4.69, 9.17) is 4.74 Å². The monoisotopic (exact) mass is 401 g/mol. The van der Waals surface area contributed by atoms with Gasteiger partial charge in [-0.3, -0.25) is 9.88 Å². The second kappa shape index (κ2) is 8.69. The highest BCUT2D eigenvalue weighted by Gasteiger charge is 2.38. The van der Waals surface area contributed by atoms with E-state index in [0.717, 1.165) is 25.1 Å². The fourth-order valence-corrected chi connectivity index (χ4v) is 5.86. The van der Waals surface area contributed by atoms with E-state index in [1.54, 1.807) is 10.5 Å². The fourth-order valence-electron chi connectivity index (χ4n) is 4.26. The summed E-state index contributed by atoms with van der Waals surface area (Å²) in [5.74, 6) is 0.254. The van der Waals surface area contributed by atoms with Crippen molar-refractivity contribution in [2.24, 2.45) is 5.92 Å². The van der Waals surface area contributed by atoms with Crippen LogP contribution in [0, 0.1) is 5.92 Å². The van der Waals surface area contributed by atoms with E-state index in [-0.39, 0.29) is 11.7 Å². The third kappa shape index (κ3) is 4.60. The van der Waals surface area contributed by atoms with Gasteiger partial charge in [0.25, 0.3) is 0 Å². The minimum Gasteiger partial charge on any atom is -0.380 e. The first-order valence-corrected chi connectivity index (χ1v) is 11.5. The van der Waals surface area contributed by atoms with Gasteiger partial charge in [-0.25, -0.2) is 12.7 Å². The Morgan fingerprint density at radius 2 is 1.89 bits per heavy atom. The Bertz CT molecular complexity index is 861. The summed E-state index contributed by atoms with van der Waals surface area (Å²) < 4.78 is 33.4. The van der Waals surface area contributed by atoms with Crippen LogP contribution in [-0.4, -0.2) is 61.5 Å². The van der Waals surface area contributed by atoms with E-state index < -0.39 is 10.0 Å². The van der Waals surface area contributed by atoms with Crippen molar-refractivity contribution in [2.45, 2.75) is 24.8 Å². The quantitative estimate of drug-likeness (QED) is 0.768. The third-order valence-electron chi connectivity index (χ3n) is 5.67. The van der Waals surface area contributed by atoms with Gasteiger partial charge in [0.1, 0.15) is 0 Å². The van der Waals surface area contributed by atoms with Crippen molar-refractivity contribution < 1.29 is 13.2 Å². The van der Waals surface area contributed by atoms with Crippen LogP contribution in [0.3, 0.4) is 0 Å². The van der Waals surface area contributed by atoms with Gasteiger partial charge < -0.3 is 4.74 Å². The van der Waals surface area contributed by atoms with E-state index in [0.29, 0.717) is 32.3 Å². The molecule has 3 heterocycles. The Hall–Kier alpha value is -1.80. The lowest BCUT2D eigenvalue weighted by atomic mass is 9.92. The molecule has 7 heteroatoms. The van der Waals surface area contributed by atoms with Crippen molar-refractivity contribution in [3.63, 3.8) is 0 Å². The molecule has 1 aromatic heterocycles. The summed E-state index contributed by atoms with van der Waals surface area (Å²) in [6.07, 6.45) is 4.52. The van der Waals surface area contributed by atoms with Crippen molar-refractivity contribution >= 4 is 10.0 Å². The summed E-state index contributed by atoms with van der Waals surface area (Å²) in [5, 5.41) is 0. The fraction of sp³-hybridized carbons (Fsp3) is 0.476. The predicted octanol–water partition coefficient (Wildman–Crippen LogP) is 2.13. The zero-order chi connectivity index (χ0) is 19.4. The van der Waals surface area contributed by atoms with Crippen molar-refractivity contribution in [3.8, 4) is 0 Å². The molecule has 0 N–H and O–H groups in total. The minimum atomic E-state index is -3.33. The summed E-state index contributed by atoms with van der Waals surface area (Å²) in [6.45, 7) is 4.10. The molecule has 2 saturated heterocycles. The van der Waals surface area contributed by atoms with Gasteiger partial charge >= 0.3 is 0 Å². The van der Waals surface area contributed by atoms with Crippen LogP contribution in [0.1, 0.15) is 17.5 Å². The minimum absolute atomic E-state index is 0.0610. The highest BCUT2D eigenvalue weighted by Crippen LogP contribution is 2.28. The van der Waals surface area contributed by atoms with Crippen LogP contribution in [0.15, 0.2) is 54.9 Å². The smallest absolute Gasteiger partial charge is 0.218 e. The van der Waals surface area contributed by atoms with Crippen LogP contribution in [-0.2, 0) is 27.1 Å². The molecule has 1 aromatic carbocycles. The Morgan fingerprint density at radius 1 is 1.07 bits per heavy atom. The Balaban J connectivity index is 1.45. The lowest BCUT2D eigenvalue weighted by molar-refractivity contribution is 0.0761. The van der Waals surface area contributed by atoms with E-state index in [1.165, 1.54) is 5.56 Å².